The highest BCUT2D eigenvalue weighted by molar-refractivity contribution is 7.99. The van der Waals surface area contributed by atoms with Crippen molar-refractivity contribution in [2.24, 2.45) is 0 Å². The van der Waals surface area contributed by atoms with Gasteiger partial charge < -0.3 is 14.6 Å². The normalized spacial score (nSPS) is 14.2. The summed E-state index contributed by atoms with van der Waals surface area (Å²) in [5.74, 6) is 1.23. The monoisotopic (exact) mass is 472 g/mol. The van der Waals surface area contributed by atoms with Crippen LogP contribution in [0, 0.1) is 5.82 Å². The van der Waals surface area contributed by atoms with Crippen LogP contribution in [0.1, 0.15) is 25.0 Å². The molecule has 4 heterocycles. The summed E-state index contributed by atoms with van der Waals surface area (Å²) in [7, 11) is 0. The van der Waals surface area contributed by atoms with Crippen LogP contribution < -0.4 is 10.2 Å². The molecule has 1 amide bonds. The van der Waals surface area contributed by atoms with Crippen molar-refractivity contribution >= 4 is 50.3 Å². The largest absolute Gasteiger partial charge is 0.467 e. The number of thiazole rings is 1. The first-order valence-corrected chi connectivity index (χ1v) is 12.2. The number of halogens is 1. The summed E-state index contributed by atoms with van der Waals surface area (Å²) in [6, 6.07) is 8.14. The molecule has 3 aromatic heterocycles. The van der Waals surface area contributed by atoms with E-state index in [1.165, 1.54) is 41.7 Å². The lowest BCUT2D eigenvalue weighted by molar-refractivity contribution is -0.113. The zero-order valence-electron chi connectivity index (χ0n) is 17.2. The first-order valence-electron chi connectivity index (χ1n) is 10.3. The first-order chi connectivity index (χ1) is 15.7. The fourth-order valence-corrected chi connectivity index (χ4v) is 5.29. The van der Waals surface area contributed by atoms with Gasteiger partial charge in [0.15, 0.2) is 10.3 Å². The Bertz CT molecular complexity index is 1220. The van der Waals surface area contributed by atoms with Gasteiger partial charge in [0.25, 0.3) is 0 Å². The second-order valence-corrected chi connectivity index (χ2v) is 9.44. The molecule has 1 N–H and O–H groups in total. The van der Waals surface area contributed by atoms with E-state index in [0.29, 0.717) is 27.0 Å². The molecule has 0 bridgehead atoms. The summed E-state index contributed by atoms with van der Waals surface area (Å²) in [5, 5.41) is 12.7. The van der Waals surface area contributed by atoms with E-state index in [2.05, 4.69) is 25.4 Å². The van der Waals surface area contributed by atoms with Crippen LogP contribution in [0.2, 0.25) is 0 Å². The van der Waals surface area contributed by atoms with E-state index in [1.54, 1.807) is 12.3 Å². The molecule has 8 nitrogen and oxygen atoms in total. The molecule has 1 aliphatic heterocycles. The van der Waals surface area contributed by atoms with Crippen LogP contribution in [0.25, 0.3) is 10.2 Å². The Balaban J connectivity index is 1.29. The van der Waals surface area contributed by atoms with Crippen LogP contribution in [0.15, 0.2) is 46.2 Å². The quantitative estimate of drug-likeness (QED) is 0.399. The molecule has 11 heteroatoms. The van der Waals surface area contributed by atoms with Gasteiger partial charge in [-0.15, -0.1) is 10.2 Å². The van der Waals surface area contributed by atoms with E-state index >= 15 is 0 Å². The molecular weight excluding hydrogens is 451 g/mol. The van der Waals surface area contributed by atoms with E-state index in [9.17, 15) is 9.18 Å². The average Bonchev–Trinajstić information content (AvgIpc) is 3.53. The number of amides is 1. The van der Waals surface area contributed by atoms with Crippen molar-refractivity contribution in [2.75, 3.05) is 29.1 Å². The van der Waals surface area contributed by atoms with Crippen molar-refractivity contribution in [1.29, 1.82) is 0 Å². The van der Waals surface area contributed by atoms with Gasteiger partial charge in [-0.3, -0.25) is 9.36 Å². The third-order valence-electron chi connectivity index (χ3n) is 5.16. The third-order valence-corrected chi connectivity index (χ3v) is 7.06. The van der Waals surface area contributed by atoms with Crippen molar-refractivity contribution in [3.63, 3.8) is 0 Å². The maximum atomic E-state index is 13.4. The summed E-state index contributed by atoms with van der Waals surface area (Å²) in [6.07, 6.45) is 5.13. The predicted molar refractivity (Wildman–Crippen MR) is 123 cm³/mol. The first kappa shape index (κ1) is 21.0. The van der Waals surface area contributed by atoms with Gasteiger partial charge in [0, 0.05) is 13.1 Å². The van der Waals surface area contributed by atoms with Crippen molar-refractivity contribution in [1.82, 2.24) is 19.7 Å². The number of fused-ring (bicyclic) bond motifs is 1. The summed E-state index contributed by atoms with van der Waals surface area (Å²) in [6.45, 7) is 2.39. The second kappa shape index (κ2) is 9.29. The van der Waals surface area contributed by atoms with Crippen LogP contribution in [0.3, 0.4) is 0 Å². The minimum Gasteiger partial charge on any atom is -0.467 e. The molecule has 1 saturated heterocycles. The zero-order chi connectivity index (χ0) is 21.9. The molecule has 5 rings (SSSR count). The maximum absolute atomic E-state index is 13.4. The number of piperidine rings is 1. The fraction of sp³-hybridized carbons (Fsp3) is 0.333. The highest BCUT2D eigenvalue weighted by Gasteiger charge is 2.22. The summed E-state index contributed by atoms with van der Waals surface area (Å²) >= 11 is 2.56. The molecule has 0 unspecified atom stereocenters. The number of furan rings is 1. The van der Waals surface area contributed by atoms with Crippen molar-refractivity contribution in [3.8, 4) is 0 Å². The minimum atomic E-state index is -0.324. The number of carbonyl (C=O) groups is 1. The topological polar surface area (TPSA) is 89.1 Å². The minimum absolute atomic E-state index is 0.153. The second-order valence-electron chi connectivity index (χ2n) is 7.46. The number of hydrogen-bond acceptors (Lipinski definition) is 8. The van der Waals surface area contributed by atoms with Gasteiger partial charge in [-0.2, -0.15) is 0 Å². The lowest BCUT2D eigenvalue weighted by Crippen LogP contribution is -2.32. The number of carbonyl (C=O) groups excluding carboxylic acids is 1. The van der Waals surface area contributed by atoms with Gasteiger partial charge in [0.1, 0.15) is 11.6 Å². The lowest BCUT2D eigenvalue weighted by atomic mass is 10.1. The van der Waals surface area contributed by atoms with Gasteiger partial charge >= 0.3 is 0 Å². The van der Waals surface area contributed by atoms with E-state index in [-0.39, 0.29) is 17.5 Å². The number of aromatic nitrogens is 4. The zero-order valence-corrected chi connectivity index (χ0v) is 18.8. The number of benzene rings is 1. The highest BCUT2D eigenvalue weighted by Crippen LogP contribution is 2.28. The standard InChI is InChI=1S/C21H21FN6O2S2/c22-14-6-7-16-17(11-14)32-19(23-16)24-18(29)13-31-21-26-25-20(27-8-2-1-3-9-27)28(21)12-15-5-4-10-30-15/h4-7,10-11H,1-3,8-9,12-13H2,(H,23,24,29). The maximum Gasteiger partial charge on any atom is 0.236 e. The van der Waals surface area contributed by atoms with Crippen LogP contribution in [-0.4, -0.2) is 44.5 Å². The van der Waals surface area contributed by atoms with E-state index in [1.807, 2.05) is 16.7 Å². The number of nitrogens with one attached hydrogen (secondary N) is 1. The number of rotatable bonds is 7. The Kier molecular flexibility index (Phi) is 6.08. The van der Waals surface area contributed by atoms with Crippen LogP contribution >= 0.6 is 23.1 Å². The van der Waals surface area contributed by atoms with E-state index in [4.69, 9.17) is 4.42 Å². The lowest BCUT2D eigenvalue weighted by Gasteiger charge is -2.27. The van der Waals surface area contributed by atoms with Gasteiger partial charge in [-0.05, 0) is 49.6 Å². The smallest absolute Gasteiger partial charge is 0.236 e. The Morgan fingerprint density at radius 2 is 2.09 bits per heavy atom. The Morgan fingerprint density at radius 3 is 2.91 bits per heavy atom. The molecule has 166 valence electrons. The van der Waals surface area contributed by atoms with Crippen molar-refractivity contribution in [2.45, 2.75) is 31.0 Å². The summed E-state index contributed by atoms with van der Waals surface area (Å²) in [5.41, 5.74) is 0.656. The average molecular weight is 473 g/mol. The van der Waals surface area contributed by atoms with E-state index in [0.717, 1.165) is 37.6 Å². The number of hydrogen-bond donors (Lipinski definition) is 1. The molecule has 0 spiro atoms. The van der Waals surface area contributed by atoms with Gasteiger partial charge in [-0.1, -0.05) is 23.1 Å². The molecule has 1 fully saturated rings. The summed E-state index contributed by atoms with van der Waals surface area (Å²) < 4.78 is 21.6. The molecule has 1 aromatic carbocycles. The Hall–Kier alpha value is -2.92. The number of anilines is 2. The fourth-order valence-electron chi connectivity index (χ4n) is 3.65. The molecule has 0 atom stereocenters. The van der Waals surface area contributed by atoms with Crippen molar-refractivity contribution < 1.29 is 13.6 Å². The van der Waals surface area contributed by atoms with Crippen LogP contribution in [-0.2, 0) is 11.3 Å². The Morgan fingerprint density at radius 1 is 1.22 bits per heavy atom. The molecule has 32 heavy (non-hydrogen) atoms. The predicted octanol–water partition coefficient (Wildman–Crippen LogP) is 4.39. The van der Waals surface area contributed by atoms with Crippen molar-refractivity contribution in [3.05, 3.63) is 48.2 Å². The molecule has 1 aliphatic rings. The molecular formula is C21H21FN6O2S2. The summed E-state index contributed by atoms with van der Waals surface area (Å²) in [4.78, 5) is 19.1. The van der Waals surface area contributed by atoms with Crippen LogP contribution in [0.4, 0.5) is 15.5 Å². The van der Waals surface area contributed by atoms with E-state index < -0.39 is 0 Å². The highest BCUT2D eigenvalue weighted by atomic mass is 32.2. The SMILES string of the molecule is O=C(CSc1nnc(N2CCCCC2)n1Cc1ccco1)Nc1nc2ccc(F)cc2s1. The van der Waals surface area contributed by atoms with Crippen LogP contribution in [0.5, 0.6) is 0 Å². The molecule has 4 aromatic rings. The molecule has 0 radical (unpaired) electrons. The Labute approximate surface area is 191 Å². The van der Waals surface area contributed by atoms with Gasteiger partial charge in [0.05, 0.1) is 28.8 Å². The van der Waals surface area contributed by atoms with Gasteiger partial charge in [0.2, 0.25) is 11.9 Å². The number of nitrogens with zero attached hydrogens (tertiary/aromatic N) is 5. The van der Waals surface area contributed by atoms with Gasteiger partial charge in [-0.25, -0.2) is 9.37 Å². The third kappa shape index (κ3) is 4.63. The molecule has 0 saturated carbocycles. The molecule has 0 aliphatic carbocycles. The number of thioether (sulfide) groups is 1.